The Morgan fingerprint density at radius 2 is 1.04 bits per heavy atom. The van der Waals surface area contributed by atoms with E-state index in [9.17, 15) is 0 Å². The summed E-state index contributed by atoms with van der Waals surface area (Å²) < 4.78 is 12.1. The Morgan fingerprint density at radius 3 is 1.77 bits per heavy atom. The first-order chi connectivity index (χ1) is 28.3. The zero-order chi connectivity index (χ0) is 37.5. The molecule has 0 aliphatic heterocycles. The lowest BCUT2D eigenvalue weighted by Crippen LogP contribution is -2.00. The third-order valence-corrected chi connectivity index (χ3v) is 12.3. The molecule has 5 nitrogen and oxygen atoms in total. The summed E-state index contributed by atoms with van der Waals surface area (Å²) in [6.07, 6.45) is 0. The molecule has 0 bridgehead atoms. The summed E-state index contributed by atoms with van der Waals surface area (Å²) in [5, 5.41) is 7.01. The highest BCUT2D eigenvalue weighted by molar-refractivity contribution is 7.26. The van der Waals surface area contributed by atoms with Crippen LogP contribution in [0.1, 0.15) is 0 Å². The Bertz CT molecular complexity index is 3460. The van der Waals surface area contributed by atoms with Gasteiger partial charge < -0.3 is 8.98 Å². The molecule has 12 aromatic rings. The third-order valence-electron chi connectivity index (χ3n) is 11.0. The second-order valence-corrected chi connectivity index (χ2v) is 15.4. The Kier molecular flexibility index (Phi) is 7.03. The van der Waals surface area contributed by atoms with Crippen LogP contribution in [0.15, 0.2) is 186 Å². The van der Waals surface area contributed by atoms with Gasteiger partial charge in [-0.25, -0.2) is 15.0 Å². The van der Waals surface area contributed by atoms with E-state index in [0.717, 1.165) is 66.5 Å². The third kappa shape index (κ3) is 4.98. The van der Waals surface area contributed by atoms with Gasteiger partial charge in [-0.1, -0.05) is 146 Å². The predicted octanol–water partition coefficient (Wildman–Crippen LogP) is 13.9. The molecular formula is C51H30N4OS. The summed E-state index contributed by atoms with van der Waals surface area (Å²) in [6.45, 7) is 0. The normalized spacial score (nSPS) is 11.9. The molecule has 0 atom stereocenters. The van der Waals surface area contributed by atoms with Crippen molar-refractivity contribution in [2.75, 3.05) is 0 Å². The molecule has 57 heavy (non-hydrogen) atoms. The highest BCUT2D eigenvalue weighted by Gasteiger charge is 2.24. The number of furan rings is 1. The van der Waals surface area contributed by atoms with Crippen LogP contribution in [-0.2, 0) is 0 Å². The van der Waals surface area contributed by atoms with Crippen LogP contribution in [0.5, 0.6) is 0 Å². The first-order valence-electron chi connectivity index (χ1n) is 19.0. The molecule has 0 unspecified atom stereocenters. The summed E-state index contributed by atoms with van der Waals surface area (Å²) in [6, 6.07) is 63.5. The Labute approximate surface area is 330 Å². The Hall–Kier alpha value is -7.41. The minimum atomic E-state index is 0.586. The first kappa shape index (κ1) is 31.9. The van der Waals surface area contributed by atoms with E-state index < -0.39 is 0 Å². The zero-order valence-electron chi connectivity index (χ0n) is 30.4. The minimum absolute atomic E-state index is 0.586. The van der Waals surface area contributed by atoms with Crippen molar-refractivity contribution in [2.24, 2.45) is 0 Å². The molecule has 0 amide bonds. The summed E-state index contributed by atoms with van der Waals surface area (Å²) in [4.78, 5) is 15.4. The van der Waals surface area contributed by atoms with Gasteiger partial charge in [-0.3, -0.25) is 0 Å². The van der Waals surface area contributed by atoms with Crippen molar-refractivity contribution in [3.63, 3.8) is 0 Å². The second-order valence-electron chi connectivity index (χ2n) is 14.3. The fourth-order valence-corrected chi connectivity index (χ4v) is 9.74. The number of thiophene rings is 1. The molecule has 0 saturated carbocycles. The maximum atomic E-state index is 7.11. The largest absolute Gasteiger partial charge is 0.454 e. The van der Waals surface area contributed by atoms with Gasteiger partial charge in [0.05, 0.1) is 16.7 Å². The van der Waals surface area contributed by atoms with E-state index in [4.69, 9.17) is 19.4 Å². The van der Waals surface area contributed by atoms with Crippen LogP contribution in [0.2, 0.25) is 0 Å². The molecule has 6 heteroatoms. The maximum absolute atomic E-state index is 7.11. The van der Waals surface area contributed by atoms with Crippen molar-refractivity contribution < 1.29 is 4.42 Å². The van der Waals surface area contributed by atoms with Crippen molar-refractivity contribution in [3.05, 3.63) is 182 Å². The van der Waals surface area contributed by atoms with Crippen molar-refractivity contribution in [2.45, 2.75) is 0 Å². The SMILES string of the molecule is c1ccc(-c2cc(-c3nc(-c4ccccc4)nc(-c4ccccc4)n3)c3c(c2)oc2c(-n4c5ccccc5c5c6sc7ccccc7c6ccc54)cccc23)cc1. The lowest BCUT2D eigenvalue weighted by molar-refractivity contribution is 0.666. The topological polar surface area (TPSA) is 56.7 Å². The lowest BCUT2D eigenvalue weighted by Gasteiger charge is -2.11. The maximum Gasteiger partial charge on any atom is 0.164 e. The molecule has 4 aromatic heterocycles. The van der Waals surface area contributed by atoms with E-state index in [0.29, 0.717) is 17.5 Å². The number of benzene rings is 8. The van der Waals surface area contributed by atoms with Gasteiger partial charge in [-0.15, -0.1) is 11.3 Å². The molecule has 0 spiro atoms. The highest BCUT2D eigenvalue weighted by atomic mass is 32.1. The lowest BCUT2D eigenvalue weighted by atomic mass is 9.98. The van der Waals surface area contributed by atoms with Gasteiger partial charge in [0.2, 0.25) is 0 Å². The van der Waals surface area contributed by atoms with Gasteiger partial charge in [0.1, 0.15) is 5.58 Å². The fraction of sp³-hybridized carbons (Fsp3) is 0. The van der Waals surface area contributed by atoms with Gasteiger partial charge in [0.15, 0.2) is 23.1 Å². The van der Waals surface area contributed by atoms with E-state index in [1.165, 1.54) is 30.9 Å². The molecule has 0 N–H and O–H groups in total. The number of nitrogens with zero attached hydrogens (tertiary/aromatic N) is 4. The summed E-state index contributed by atoms with van der Waals surface area (Å²) in [5.41, 5.74) is 9.66. The van der Waals surface area contributed by atoms with Crippen molar-refractivity contribution >= 4 is 75.3 Å². The monoisotopic (exact) mass is 746 g/mol. The number of fused-ring (bicyclic) bond motifs is 10. The van der Waals surface area contributed by atoms with E-state index in [2.05, 4.69) is 120 Å². The van der Waals surface area contributed by atoms with Crippen molar-refractivity contribution in [1.29, 1.82) is 0 Å². The first-order valence-corrected chi connectivity index (χ1v) is 19.8. The molecule has 8 aromatic carbocycles. The van der Waals surface area contributed by atoms with Gasteiger partial charge in [0.25, 0.3) is 0 Å². The zero-order valence-corrected chi connectivity index (χ0v) is 31.2. The van der Waals surface area contributed by atoms with Gasteiger partial charge in [-0.05, 0) is 47.5 Å². The molecule has 0 aliphatic rings. The Balaban J connectivity index is 1.17. The van der Waals surface area contributed by atoms with Crippen LogP contribution in [-0.4, -0.2) is 19.5 Å². The van der Waals surface area contributed by atoms with Crippen LogP contribution in [0, 0.1) is 0 Å². The van der Waals surface area contributed by atoms with Crippen LogP contribution in [0.25, 0.3) is 115 Å². The van der Waals surface area contributed by atoms with Crippen LogP contribution >= 0.6 is 11.3 Å². The molecular weight excluding hydrogens is 717 g/mol. The molecule has 0 fully saturated rings. The van der Waals surface area contributed by atoms with Gasteiger partial charge >= 0.3 is 0 Å². The van der Waals surface area contributed by atoms with Crippen molar-refractivity contribution in [3.8, 4) is 51.0 Å². The predicted molar refractivity (Wildman–Crippen MR) is 236 cm³/mol. The van der Waals surface area contributed by atoms with Crippen LogP contribution in [0.4, 0.5) is 0 Å². The second kappa shape index (κ2) is 12.6. The van der Waals surface area contributed by atoms with E-state index in [1.54, 1.807) is 0 Å². The molecule has 4 heterocycles. The number of hydrogen-bond acceptors (Lipinski definition) is 5. The van der Waals surface area contributed by atoms with Crippen LogP contribution in [0.3, 0.4) is 0 Å². The summed E-state index contributed by atoms with van der Waals surface area (Å²) in [7, 11) is 0. The number of hydrogen-bond donors (Lipinski definition) is 0. The molecule has 0 radical (unpaired) electrons. The number of aromatic nitrogens is 4. The van der Waals surface area contributed by atoms with E-state index in [-0.39, 0.29) is 0 Å². The molecule has 0 saturated heterocycles. The van der Waals surface area contributed by atoms with Crippen molar-refractivity contribution in [1.82, 2.24) is 19.5 Å². The quantitative estimate of drug-likeness (QED) is 0.176. The summed E-state index contributed by atoms with van der Waals surface area (Å²) >= 11 is 1.86. The highest BCUT2D eigenvalue weighted by Crippen LogP contribution is 2.46. The smallest absolute Gasteiger partial charge is 0.164 e. The van der Waals surface area contributed by atoms with Gasteiger partial charge in [-0.2, -0.15) is 0 Å². The fourth-order valence-electron chi connectivity index (χ4n) is 8.49. The average Bonchev–Trinajstić information content (AvgIpc) is 3.96. The van der Waals surface area contributed by atoms with Crippen LogP contribution < -0.4 is 0 Å². The van der Waals surface area contributed by atoms with E-state index >= 15 is 0 Å². The average molecular weight is 747 g/mol. The number of para-hydroxylation sites is 2. The van der Waals surface area contributed by atoms with E-state index in [1.807, 2.05) is 78.1 Å². The molecule has 12 rings (SSSR count). The molecule has 266 valence electrons. The molecule has 0 aliphatic carbocycles. The minimum Gasteiger partial charge on any atom is -0.454 e. The Morgan fingerprint density at radius 1 is 0.421 bits per heavy atom. The number of rotatable bonds is 5. The van der Waals surface area contributed by atoms with Gasteiger partial charge in [0, 0.05) is 58.4 Å². The standard InChI is InChI=1S/C51H30N4OS/c1-4-15-31(16-5-1)34-29-39(51-53-49(32-17-6-2-7-18-32)52-50(54-51)33-19-8-3-9-20-33)45-38-23-14-25-42(47(38)56-43(45)30-34)55-40-24-12-10-22-37(40)46-41(55)28-27-36-35-21-11-13-26-44(35)57-48(36)46/h1-30H. The summed E-state index contributed by atoms with van der Waals surface area (Å²) in [5.74, 6) is 1.82.